The molecule has 0 radical (unpaired) electrons. The van der Waals surface area contributed by atoms with E-state index >= 15 is 0 Å². The highest BCUT2D eigenvalue weighted by molar-refractivity contribution is 9.10. The smallest absolute Gasteiger partial charge is 0.0964 e. The first-order valence-corrected chi connectivity index (χ1v) is 5.43. The van der Waals surface area contributed by atoms with E-state index in [4.69, 9.17) is 0 Å². The van der Waals surface area contributed by atoms with Gasteiger partial charge in [-0.2, -0.15) is 0 Å². The number of fused-ring (bicyclic) bond motifs is 3. The van der Waals surface area contributed by atoms with E-state index in [0.29, 0.717) is 0 Å². The third kappa shape index (κ3) is 1.39. The van der Waals surface area contributed by atoms with Gasteiger partial charge >= 0.3 is 0 Å². The van der Waals surface area contributed by atoms with Gasteiger partial charge in [0.05, 0.1) is 11.0 Å². The second-order valence-corrected chi connectivity index (χ2v) is 4.28. The SMILES string of the molecule is Brc1ccc2c(cnc3cccnc32)c1. The van der Waals surface area contributed by atoms with Crippen molar-refractivity contribution < 1.29 is 0 Å². The number of halogens is 1. The average molecular weight is 259 g/mol. The number of hydrogen-bond acceptors (Lipinski definition) is 2. The van der Waals surface area contributed by atoms with Crippen molar-refractivity contribution >= 4 is 37.7 Å². The van der Waals surface area contributed by atoms with E-state index in [1.54, 1.807) is 6.20 Å². The van der Waals surface area contributed by atoms with Crippen LogP contribution in [0.5, 0.6) is 0 Å². The molecule has 0 spiro atoms. The van der Waals surface area contributed by atoms with Crippen LogP contribution in [0, 0.1) is 0 Å². The molecule has 2 heterocycles. The molecule has 0 saturated carbocycles. The van der Waals surface area contributed by atoms with E-state index in [0.717, 1.165) is 26.3 Å². The van der Waals surface area contributed by atoms with Crippen LogP contribution in [0.4, 0.5) is 0 Å². The molecule has 3 aromatic rings. The third-order valence-corrected chi connectivity index (χ3v) is 2.89. The van der Waals surface area contributed by atoms with Gasteiger partial charge < -0.3 is 0 Å². The Hall–Kier alpha value is -1.48. The first-order valence-electron chi connectivity index (χ1n) is 4.63. The van der Waals surface area contributed by atoms with Crippen LogP contribution in [0.25, 0.3) is 21.8 Å². The lowest BCUT2D eigenvalue weighted by atomic mass is 10.1. The summed E-state index contributed by atoms with van der Waals surface area (Å²) in [6.45, 7) is 0. The summed E-state index contributed by atoms with van der Waals surface area (Å²) in [5, 5.41) is 2.25. The number of aromatic nitrogens is 2. The van der Waals surface area contributed by atoms with Gasteiger partial charge in [-0.05, 0) is 24.3 Å². The van der Waals surface area contributed by atoms with Crippen molar-refractivity contribution in [2.75, 3.05) is 0 Å². The molecule has 0 aliphatic heterocycles. The molecule has 0 atom stereocenters. The van der Waals surface area contributed by atoms with Gasteiger partial charge in [0, 0.05) is 27.6 Å². The Labute approximate surface area is 95.1 Å². The average Bonchev–Trinajstić information content (AvgIpc) is 2.28. The second kappa shape index (κ2) is 3.28. The standard InChI is InChI=1S/C12H7BrN2/c13-9-3-4-10-8(6-9)7-15-11-2-1-5-14-12(10)11/h1-7H. The molecule has 2 aromatic heterocycles. The molecule has 0 unspecified atom stereocenters. The molecular weight excluding hydrogens is 252 g/mol. The monoisotopic (exact) mass is 258 g/mol. The maximum atomic E-state index is 4.37. The summed E-state index contributed by atoms with van der Waals surface area (Å²) in [7, 11) is 0. The van der Waals surface area contributed by atoms with E-state index in [-0.39, 0.29) is 0 Å². The topological polar surface area (TPSA) is 25.8 Å². The lowest BCUT2D eigenvalue weighted by Gasteiger charge is -2.01. The first kappa shape index (κ1) is 8.80. The molecule has 15 heavy (non-hydrogen) atoms. The van der Waals surface area contributed by atoms with Crippen LogP contribution in [0.1, 0.15) is 0 Å². The summed E-state index contributed by atoms with van der Waals surface area (Å²) in [6.07, 6.45) is 3.68. The predicted molar refractivity (Wildman–Crippen MR) is 64.7 cm³/mol. The van der Waals surface area contributed by atoms with Crippen molar-refractivity contribution in [1.82, 2.24) is 9.97 Å². The molecule has 72 valence electrons. The normalized spacial score (nSPS) is 11.0. The zero-order chi connectivity index (χ0) is 10.3. The van der Waals surface area contributed by atoms with Crippen LogP contribution < -0.4 is 0 Å². The number of rotatable bonds is 0. The second-order valence-electron chi connectivity index (χ2n) is 3.36. The number of hydrogen-bond donors (Lipinski definition) is 0. The fraction of sp³-hybridized carbons (Fsp3) is 0. The molecule has 0 fully saturated rings. The van der Waals surface area contributed by atoms with Crippen LogP contribution in [0.15, 0.2) is 47.2 Å². The lowest BCUT2D eigenvalue weighted by Crippen LogP contribution is -1.84. The third-order valence-electron chi connectivity index (χ3n) is 2.40. The minimum absolute atomic E-state index is 0.937. The summed E-state index contributed by atoms with van der Waals surface area (Å²) in [5.74, 6) is 0. The Kier molecular flexibility index (Phi) is 1.92. The number of pyridine rings is 2. The number of nitrogens with zero attached hydrogens (tertiary/aromatic N) is 2. The quantitative estimate of drug-likeness (QED) is 0.577. The number of benzene rings is 1. The maximum absolute atomic E-state index is 4.37. The Morgan fingerprint density at radius 2 is 2.00 bits per heavy atom. The molecule has 0 aliphatic carbocycles. The molecule has 3 heteroatoms. The molecule has 0 aliphatic rings. The highest BCUT2D eigenvalue weighted by Gasteiger charge is 2.01. The molecule has 0 saturated heterocycles. The van der Waals surface area contributed by atoms with Crippen LogP contribution in [-0.2, 0) is 0 Å². The molecule has 1 aromatic carbocycles. The van der Waals surface area contributed by atoms with Gasteiger partial charge in [-0.1, -0.05) is 22.0 Å². The van der Waals surface area contributed by atoms with Gasteiger partial charge in [-0.3, -0.25) is 9.97 Å². The van der Waals surface area contributed by atoms with E-state index in [1.807, 2.05) is 24.4 Å². The minimum atomic E-state index is 0.937. The summed E-state index contributed by atoms with van der Waals surface area (Å²) in [4.78, 5) is 8.73. The van der Waals surface area contributed by atoms with Crippen LogP contribution >= 0.6 is 15.9 Å². The molecule has 0 N–H and O–H groups in total. The van der Waals surface area contributed by atoms with Crippen molar-refractivity contribution in [3.8, 4) is 0 Å². The van der Waals surface area contributed by atoms with Gasteiger partial charge in [0.15, 0.2) is 0 Å². The van der Waals surface area contributed by atoms with Crippen molar-refractivity contribution in [2.45, 2.75) is 0 Å². The zero-order valence-electron chi connectivity index (χ0n) is 7.81. The molecule has 0 amide bonds. The summed E-state index contributed by atoms with van der Waals surface area (Å²) in [5.41, 5.74) is 1.90. The summed E-state index contributed by atoms with van der Waals surface area (Å²) >= 11 is 3.45. The van der Waals surface area contributed by atoms with E-state index < -0.39 is 0 Å². The van der Waals surface area contributed by atoms with E-state index in [9.17, 15) is 0 Å². The highest BCUT2D eigenvalue weighted by atomic mass is 79.9. The fourth-order valence-corrected chi connectivity index (χ4v) is 2.08. The molecule has 2 nitrogen and oxygen atoms in total. The van der Waals surface area contributed by atoms with Crippen molar-refractivity contribution in [3.63, 3.8) is 0 Å². The zero-order valence-corrected chi connectivity index (χ0v) is 9.40. The lowest BCUT2D eigenvalue weighted by molar-refractivity contribution is 1.36. The fourth-order valence-electron chi connectivity index (χ4n) is 1.70. The van der Waals surface area contributed by atoms with Gasteiger partial charge in [0.2, 0.25) is 0 Å². The van der Waals surface area contributed by atoms with Gasteiger partial charge in [-0.25, -0.2) is 0 Å². The molecule has 3 rings (SSSR count). The Balaban J connectivity index is 2.55. The van der Waals surface area contributed by atoms with Gasteiger partial charge in [0.25, 0.3) is 0 Å². The van der Waals surface area contributed by atoms with Crippen LogP contribution in [-0.4, -0.2) is 9.97 Å². The van der Waals surface area contributed by atoms with Gasteiger partial charge in [-0.15, -0.1) is 0 Å². The highest BCUT2D eigenvalue weighted by Crippen LogP contribution is 2.24. The van der Waals surface area contributed by atoms with Gasteiger partial charge in [0.1, 0.15) is 0 Å². The summed E-state index contributed by atoms with van der Waals surface area (Å²) in [6, 6.07) is 10.0. The Bertz CT molecular complexity index is 649. The first-order chi connectivity index (χ1) is 7.34. The summed E-state index contributed by atoms with van der Waals surface area (Å²) < 4.78 is 1.06. The van der Waals surface area contributed by atoms with Crippen molar-refractivity contribution in [3.05, 3.63) is 47.2 Å². The largest absolute Gasteiger partial charge is 0.254 e. The van der Waals surface area contributed by atoms with Crippen molar-refractivity contribution in [2.24, 2.45) is 0 Å². The van der Waals surface area contributed by atoms with E-state index in [1.165, 1.54) is 0 Å². The van der Waals surface area contributed by atoms with E-state index in [2.05, 4.69) is 38.0 Å². The molecule has 0 bridgehead atoms. The Morgan fingerprint density at radius 3 is 2.93 bits per heavy atom. The molecular formula is C12H7BrN2. The Morgan fingerprint density at radius 1 is 1.07 bits per heavy atom. The van der Waals surface area contributed by atoms with Crippen LogP contribution in [0.3, 0.4) is 0 Å². The van der Waals surface area contributed by atoms with Crippen molar-refractivity contribution in [1.29, 1.82) is 0 Å². The minimum Gasteiger partial charge on any atom is -0.254 e. The van der Waals surface area contributed by atoms with Crippen LogP contribution in [0.2, 0.25) is 0 Å². The maximum Gasteiger partial charge on any atom is 0.0964 e. The predicted octanol–water partition coefficient (Wildman–Crippen LogP) is 3.55.